The molecule has 0 amide bonds. The zero-order chi connectivity index (χ0) is 24.5. The lowest BCUT2D eigenvalue weighted by Crippen LogP contribution is -2.28. The quantitative estimate of drug-likeness (QED) is 0.409. The number of aromatic nitrogens is 1. The lowest BCUT2D eigenvalue weighted by atomic mass is 9.65. The Kier molecular flexibility index (Phi) is 6.75. The van der Waals surface area contributed by atoms with E-state index >= 15 is 0 Å². The monoisotopic (exact) mass is 469 g/mol. The van der Waals surface area contributed by atoms with Crippen LogP contribution in [0, 0.1) is 16.7 Å². The minimum Gasteiger partial charge on any atom is -0.361 e. The van der Waals surface area contributed by atoms with Crippen LogP contribution in [0.15, 0.2) is 95.1 Å². The van der Waals surface area contributed by atoms with E-state index in [2.05, 4.69) is 74.3 Å². The van der Waals surface area contributed by atoms with E-state index in [-0.39, 0.29) is 16.7 Å². The van der Waals surface area contributed by atoms with Crippen LogP contribution in [0.1, 0.15) is 84.3 Å². The van der Waals surface area contributed by atoms with Gasteiger partial charge in [0.1, 0.15) is 5.83 Å². The van der Waals surface area contributed by atoms with Gasteiger partial charge in [-0.1, -0.05) is 55.9 Å². The molecule has 1 N–H and O–H groups in total. The van der Waals surface area contributed by atoms with E-state index in [1.54, 1.807) is 17.7 Å². The lowest BCUT2D eigenvalue weighted by molar-refractivity contribution is 0.254. The van der Waals surface area contributed by atoms with E-state index in [0.29, 0.717) is 5.92 Å². The van der Waals surface area contributed by atoms with E-state index in [1.165, 1.54) is 47.2 Å². The maximum atomic E-state index is 13.6. The van der Waals surface area contributed by atoms with Crippen LogP contribution in [-0.4, -0.2) is 4.98 Å². The first kappa shape index (κ1) is 24.1. The molecule has 0 saturated heterocycles. The second kappa shape index (κ2) is 9.80. The number of hydrogen-bond donors (Lipinski definition) is 1. The summed E-state index contributed by atoms with van der Waals surface area (Å²) < 4.78 is 13.6. The molecule has 35 heavy (non-hydrogen) atoms. The molecule has 2 heteroatoms. The number of hydrogen-bond acceptors (Lipinski definition) is 0. The highest BCUT2D eigenvalue weighted by atomic mass is 19.1. The van der Waals surface area contributed by atoms with Crippen molar-refractivity contribution in [2.45, 2.75) is 78.6 Å². The van der Waals surface area contributed by atoms with Crippen molar-refractivity contribution in [2.24, 2.45) is 16.7 Å². The summed E-state index contributed by atoms with van der Waals surface area (Å²) in [5, 5.41) is 0. The Balaban J connectivity index is 1.35. The highest BCUT2D eigenvalue weighted by Gasteiger charge is 2.45. The van der Waals surface area contributed by atoms with Crippen molar-refractivity contribution < 1.29 is 4.39 Å². The summed E-state index contributed by atoms with van der Waals surface area (Å²) in [4.78, 5) is 3.44. The maximum Gasteiger partial charge on any atom is 0.118 e. The van der Waals surface area contributed by atoms with Crippen molar-refractivity contribution in [1.82, 2.24) is 4.98 Å². The van der Waals surface area contributed by atoms with Crippen molar-refractivity contribution in [2.75, 3.05) is 0 Å². The van der Waals surface area contributed by atoms with Crippen LogP contribution >= 0.6 is 0 Å². The fraction of sp³-hybridized carbons (Fsp3) is 0.455. The van der Waals surface area contributed by atoms with Gasteiger partial charge in [-0.3, -0.25) is 0 Å². The Morgan fingerprint density at radius 3 is 2.80 bits per heavy atom. The summed E-state index contributed by atoms with van der Waals surface area (Å²) in [6.07, 6.45) is 29.4. The first-order valence-corrected chi connectivity index (χ1v) is 13.5. The standard InChI is InChI=1S/C33H40FN/c1-4-8-25-23-33(3)27(13-12-24-9-5-6-10-30(24)31-11-7-20-35-31)14-15-28(33)21-26(25)22-32(2)18-16-29(34)17-19-32/h4-5,7-9,11,16-18,20-21,27,35H,6,10,12-15,19,22-23H2,1-3H3/b8-4-. The Hall–Kier alpha value is -2.61. The third-order valence-corrected chi connectivity index (χ3v) is 9.04. The molecule has 4 aliphatic rings. The summed E-state index contributed by atoms with van der Waals surface area (Å²) in [5.41, 5.74) is 9.17. The Morgan fingerprint density at radius 2 is 2.06 bits per heavy atom. The summed E-state index contributed by atoms with van der Waals surface area (Å²) >= 11 is 0. The second-order valence-corrected chi connectivity index (χ2v) is 11.6. The summed E-state index contributed by atoms with van der Waals surface area (Å²) in [6, 6.07) is 4.33. The van der Waals surface area contributed by atoms with Gasteiger partial charge in [0.2, 0.25) is 0 Å². The number of rotatable bonds is 7. The van der Waals surface area contributed by atoms with Gasteiger partial charge in [-0.25, -0.2) is 4.39 Å². The lowest BCUT2D eigenvalue weighted by Gasteiger charge is -2.39. The van der Waals surface area contributed by atoms with Crippen LogP contribution in [0.5, 0.6) is 0 Å². The van der Waals surface area contributed by atoms with Crippen molar-refractivity contribution >= 4 is 5.57 Å². The molecule has 0 spiro atoms. The molecule has 184 valence electrons. The van der Waals surface area contributed by atoms with Crippen LogP contribution in [-0.2, 0) is 0 Å². The molecular formula is C33H40FN. The topological polar surface area (TPSA) is 15.8 Å². The highest BCUT2D eigenvalue weighted by molar-refractivity contribution is 5.70. The number of nitrogens with one attached hydrogen (secondary N) is 1. The Morgan fingerprint density at radius 1 is 1.17 bits per heavy atom. The first-order chi connectivity index (χ1) is 16.9. The molecule has 1 aromatic rings. The van der Waals surface area contributed by atoms with Gasteiger partial charge < -0.3 is 4.98 Å². The maximum absolute atomic E-state index is 13.6. The molecule has 1 aromatic heterocycles. The van der Waals surface area contributed by atoms with E-state index in [1.807, 2.05) is 6.20 Å². The molecule has 4 aliphatic carbocycles. The van der Waals surface area contributed by atoms with Gasteiger partial charge >= 0.3 is 0 Å². The van der Waals surface area contributed by atoms with Crippen molar-refractivity contribution in [1.29, 1.82) is 0 Å². The number of H-pyrrole nitrogens is 1. The van der Waals surface area contributed by atoms with Gasteiger partial charge in [0, 0.05) is 11.9 Å². The number of fused-ring (bicyclic) bond motifs is 1. The SMILES string of the molecule is C/C=C\C1=C(CC2(C)C=CC(F)=CC2)C=C2CCC(CCC3=C(c4ccc[nH]4)CCC=C3)C2(C)C1. The molecule has 0 radical (unpaired) electrons. The Labute approximate surface area is 211 Å². The predicted molar refractivity (Wildman–Crippen MR) is 146 cm³/mol. The molecule has 1 saturated carbocycles. The zero-order valence-corrected chi connectivity index (χ0v) is 21.7. The predicted octanol–water partition coefficient (Wildman–Crippen LogP) is 9.73. The fourth-order valence-electron chi connectivity index (χ4n) is 6.92. The molecule has 3 atom stereocenters. The molecule has 1 heterocycles. The Bertz CT molecular complexity index is 1170. The molecule has 1 fully saturated rings. The van der Waals surface area contributed by atoms with Crippen LogP contribution in [0.4, 0.5) is 4.39 Å². The van der Waals surface area contributed by atoms with Gasteiger partial charge in [-0.15, -0.1) is 0 Å². The number of halogens is 1. The minimum atomic E-state index is -0.0966. The molecule has 3 unspecified atom stereocenters. The number of aromatic amines is 1. The average molecular weight is 470 g/mol. The molecule has 0 bridgehead atoms. The van der Waals surface area contributed by atoms with E-state index in [4.69, 9.17) is 0 Å². The van der Waals surface area contributed by atoms with E-state index in [0.717, 1.165) is 38.5 Å². The molecule has 1 nitrogen and oxygen atoms in total. The molecule has 0 aliphatic heterocycles. The zero-order valence-electron chi connectivity index (χ0n) is 21.7. The number of allylic oxidation sites excluding steroid dienone is 14. The highest BCUT2D eigenvalue weighted by Crippen LogP contribution is 2.57. The minimum absolute atomic E-state index is 0.00539. The fourth-order valence-corrected chi connectivity index (χ4v) is 6.92. The van der Waals surface area contributed by atoms with Crippen LogP contribution in [0.25, 0.3) is 5.57 Å². The van der Waals surface area contributed by atoms with Gasteiger partial charge in [0.05, 0.1) is 0 Å². The molecular weight excluding hydrogens is 429 g/mol. The first-order valence-electron chi connectivity index (χ1n) is 13.5. The van der Waals surface area contributed by atoms with Crippen LogP contribution in [0.3, 0.4) is 0 Å². The van der Waals surface area contributed by atoms with Crippen molar-refractivity contribution in [3.63, 3.8) is 0 Å². The smallest absolute Gasteiger partial charge is 0.118 e. The third kappa shape index (κ3) is 4.90. The summed E-state index contributed by atoms with van der Waals surface area (Å²) in [5.74, 6) is 0.617. The van der Waals surface area contributed by atoms with Gasteiger partial charge in [-0.05, 0) is 128 Å². The van der Waals surface area contributed by atoms with Crippen LogP contribution in [0.2, 0.25) is 0 Å². The summed E-state index contributed by atoms with van der Waals surface area (Å²) in [7, 11) is 0. The van der Waals surface area contributed by atoms with E-state index in [9.17, 15) is 4.39 Å². The van der Waals surface area contributed by atoms with Gasteiger partial charge in [0.15, 0.2) is 0 Å². The van der Waals surface area contributed by atoms with Crippen molar-refractivity contribution in [3.05, 3.63) is 101 Å². The third-order valence-electron chi connectivity index (χ3n) is 9.04. The van der Waals surface area contributed by atoms with Crippen LogP contribution < -0.4 is 0 Å². The van der Waals surface area contributed by atoms with E-state index < -0.39 is 0 Å². The summed E-state index contributed by atoms with van der Waals surface area (Å²) in [6.45, 7) is 6.92. The van der Waals surface area contributed by atoms with Gasteiger partial charge in [0.25, 0.3) is 0 Å². The molecule has 5 rings (SSSR count). The van der Waals surface area contributed by atoms with Crippen molar-refractivity contribution in [3.8, 4) is 0 Å². The second-order valence-electron chi connectivity index (χ2n) is 11.6. The molecule has 0 aromatic carbocycles. The average Bonchev–Trinajstić information content (AvgIpc) is 3.49. The normalized spacial score (nSPS) is 30.8. The largest absolute Gasteiger partial charge is 0.361 e. The van der Waals surface area contributed by atoms with Gasteiger partial charge in [-0.2, -0.15) is 0 Å².